The van der Waals surface area contributed by atoms with Crippen LogP contribution >= 0.6 is 11.6 Å². The van der Waals surface area contributed by atoms with E-state index in [1.165, 1.54) is 18.2 Å². The Hall–Kier alpha value is -2.19. The lowest BCUT2D eigenvalue weighted by molar-refractivity contribution is 0.0360. The number of hydrogen-bond acceptors (Lipinski definition) is 5. The molecule has 1 aliphatic rings. The van der Waals surface area contributed by atoms with Crippen molar-refractivity contribution in [2.45, 2.75) is 25.0 Å². The first-order valence-corrected chi connectivity index (χ1v) is 10.3. The largest absolute Gasteiger partial charge is 0.490 e. The molecule has 0 aliphatic carbocycles. The van der Waals surface area contributed by atoms with Crippen molar-refractivity contribution in [1.82, 2.24) is 4.90 Å². The normalized spacial score (nSPS) is 18.6. The lowest BCUT2D eigenvalue weighted by Gasteiger charge is -2.26. The van der Waals surface area contributed by atoms with Gasteiger partial charge in [0.2, 0.25) is 0 Å². The highest BCUT2D eigenvalue weighted by Crippen LogP contribution is 2.23. The van der Waals surface area contributed by atoms with Gasteiger partial charge in [0.1, 0.15) is 24.3 Å². The molecular weight excluding hydrogens is 411 g/mol. The summed E-state index contributed by atoms with van der Waals surface area (Å²) in [6, 6.07) is 11.0. The minimum atomic E-state index is -0.758. The first-order chi connectivity index (χ1) is 14.4. The van der Waals surface area contributed by atoms with Gasteiger partial charge >= 0.3 is 0 Å². The summed E-state index contributed by atoms with van der Waals surface area (Å²) < 4.78 is 24.6. The molecule has 30 heavy (non-hydrogen) atoms. The highest BCUT2D eigenvalue weighted by atomic mass is 35.5. The number of hydrogen-bond donors (Lipinski definition) is 2. The monoisotopic (exact) mass is 436 g/mol. The Kier molecular flexibility index (Phi) is 8.04. The van der Waals surface area contributed by atoms with E-state index in [0.29, 0.717) is 36.9 Å². The van der Waals surface area contributed by atoms with E-state index in [1.807, 2.05) is 0 Å². The summed E-state index contributed by atoms with van der Waals surface area (Å²) in [5, 5.41) is 10.8. The fourth-order valence-electron chi connectivity index (χ4n) is 3.50. The van der Waals surface area contributed by atoms with Gasteiger partial charge in [-0.05, 0) is 48.7 Å². The zero-order chi connectivity index (χ0) is 21.5. The number of rotatable bonds is 8. The summed E-state index contributed by atoms with van der Waals surface area (Å²) in [7, 11) is 0. The third-order valence-corrected chi connectivity index (χ3v) is 5.15. The van der Waals surface area contributed by atoms with Crippen LogP contribution in [0, 0.1) is 5.82 Å². The smallest absolute Gasteiger partial charge is 0.252 e. The fraction of sp³-hybridized carbons (Fsp3) is 0.409. The molecule has 1 heterocycles. The van der Waals surface area contributed by atoms with E-state index in [2.05, 4.69) is 4.90 Å². The number of ether oxygens (including phenoxy) is 2. The first kappa shape index (κ1) is 22.5. The van der Waals surface area contributed by atoms with Crippen LogP contribution in [0.25, 0.3) is 0 Å². The van der Waals surface area contributed by atoms with E-state index in [4.69, 9.17) is 26.8 Å². The molecule has 0 spiro atoms. The van der Waals surface area contributed by atoms with Crippen LogP contribution in [0.3, 0.4) is 0 Å². The molecule has 0 aromatic heterocycles. The quantitative estimate of drug-likeness (QED) is 0.664. The number of benzene rings is 2. The summed E-state index contributed by atoms with van der Waals surface area (Å²) in [6.07, 6.45) is 0.738. The van der Waals surface area contributed by atoms with Crippen molar-refractivity contribution >= 4 is 17.5 Å². The Bertz CT molecular complexity index is 850. The van der Waals surface area contributed by atoms with E-state index in [0.717, 1.165) is 18.5 Å². The Morgan fingerprint density at radius 3 is 2.83 bits per heavy atom. The van der Waals surface area contributed by atoms with Crippen LogP contribution in [0.4, 0.5) is 4.39 Å². The van der Waals surface area contributed by atoms with Gasteiger partial charge in [-0.1, -0.05) is 23.7 Å². The number of carbonyl (C=O) groups is 1. The molecule has 2 aromatic carbocycles. The number of halogens is 2. The molecule has 1 saturated heterocycles. The van der Waals surface area contributed by atoms with Crippen LogP contribution in [0.1, 0.15) is 22.3 Å². The summed E-state index contributed by atoms with van der Waals surface area (Å²) in [5.41, 5.74) is 6.55. The topological polar surface area (TPSA) is 85.0 Å². The van der Waals surface area contributed by atoms with Crippen molar-refractivity contribution in [1.29, 1.82) is 0 Å². The maximum Gasteiger partial charge on any atom is 0.252 e. The molecular formula is C22H26ClFN2O4. The predicted molar refractivity (Wildman–Crippen MR) is 112 cm³/mol. The number of carbonyl (C=O) groups excluding carboxylic acids is 1. The average Bonchev–Trinajstić information content (AvgIpc) is 2.93. The van der Waals surface area contributed by atoms with Crippen molar-refractivity contribution in [2.75, 3.05) is 32.8 Å². The fourth-order valence-corrected chi connectivity index (χ4v) is 3.67. The molecule has 0 radical (unpaired) electrons. The van der Waals surface area contributed by atoms with Crippen molar-refractivity contribution < 1.29 is 23.8 Å². The molecule has 8 heteroatoms. The molecule has 0 bridgehead atoms. The Morgan fingerprint density at radius 2 is 2.10 bits per heavy atom. The molecule has 2 aromatic rings. The molecule has 1 aliphatic heterocycles. The van der Waals surface area contributed by atoms with Crippen molar-refractivity contribution in [3.8, 4) is 5.75 Å². The Labute approximate surface area is 180 Å². The van der Waals surface area contributed by atoms with Gasteiger partial charge in [-0.2, -0.15) is 0 Å². The molecule has 162 valence electrons. The maximum absolute atomic E-state index is 13.1. The maximum atomic E-state index is 13.1. The van der Waals surface area contributed by atoms with E-state index in [-0.39, 0.29) is 24.1 Å². The standard InChI is InChI=1S/C22H26ClFN2O4/c23-16-4-7-21(20(11-16)22(25)28)30-14-18(27)12-26-8-1-9-29-19(13-26)10-15-2-5-17(24)6-3-15/h2-7,11,18-19,27H,1,8-10,12-14H2,(H2,25,28). The number of primary amides is 1. The molecule has 2 atom stereocenters. The predicted octanol–water partition coefficient (Wildman–Crippen LogP) is 2.65. The van der Waals surface area contributed by atoms with Gasteiger partial charge in [-0.3, -0.25) is 9.69 Å². The molecule has 6 nitrogen and oxygen atoms in total. The summed E-state index contributed by atoms with van der Waals surface area (Å²) in [6.45, 7) is 2.51. The highest BCUT2D eigenvalue weighted by Gasteiger charge is 2.22. The third-order valence-electron chi connectivity index (χ3n) is 4.92. The molecule has 3 rings (SSSR count). The molecule has 1 fully saturated rings. The molecule has 1 amide bonds. The van der Waals surface area contributed by atoms with Gasteiger partial charge in [0.05, 0.1) is 11.7 Å². The van der Waals surface area contributed by atoms with Gasteiger partial charge in [-0.25, -0.2) is 4.39 Å². The zero-order valence-corrected chi connectivity index (χ0v) is 17.4. The van der Waals surface area contributed by atoms with Crippen LogP contribution in [0.2, 0.25) is 5.02 Å². The minimum absolute atomic E-state index is 0.0158. The lowest BCUT2D eigenvalue weighted by Crippen LogP contribution is -2.40. The highest BCUT2D eigenvalue weighted by molar-refractivity contribution is 6.31. The number of nitrogens with zero attached hydrogens (tertiary/aromatic N) is 1. The molecule has 3 N–H and O–H groups in total. The van der Waals surface area contributed by atoms with Crippen molar-refractivity contribution in [2.24, 2.45) is 5.73 Å². The number of aliphatic hydroxyl groups excluding tert-OH is 1. The average molecular weight is 437 g/mol. The second-order valence-corrected chi connectivity index (χ2v) is 7.84. The summed E-state index contributed by atoms with van der Waals surface area (Å²) >= 11 is 5.90. The Balaban J connectivity index is 1.53. The molecule has 2 unspecified atom stereocenters. The number of β-amino-alcohol motifs (C(OH)–C–C–N with tert-alkyl or cyclic N) is 1. The van der Waals surface area contributed by atoms with E-state index in [1.54, 1.807) is 24.3 Å². The Morgan fingerprint density at radius 1 is 1.33 bits per heavy atom. The van der Waals surface area contributed by atoms with Crippen LogP contribution < -0.4 is 10.5 Å². The van der Waals surface area contributed by atoms with Gasteiger partial charge in [0.15, 0.2) is 0 Å². The van der Waals surface area contributed by atoms with Gasteiger partial charge < -0.3 is 20.3 Å². The van der Waals surface area contributed by atoms with Crippen molar-refractivity contribution in [3.05, 3.63) is 64.4 Å². The third kappa shape index (κ3) is 6.67. The second-order valence-electron chi connectivity index (χ2n) is 7.41. The van der Waals surface area contributed by atoms with Crippen LogP contribution in [-0.4, -0.2) is 61.0 Å². The van der Waals surface area contributed by atoms with Crippen LogP contribution in [0.5, 0.6) is 5.75 Å². The van der Waals surface area contributed by atoms with Gasteiger partial charge in [-0.15, -0.1) is 0 Å². The SMILES string of the molecule is NC(=O)c1cc(Cl)ccc1OCC(O)CN1CCCOC(Cc2ccc(F)cc2)C1. The number of amides is 1. The molecule has 0 saturated carbocycles. The lowest BCUT2D eigenvalue weighted by atomic mass is 10.1. The van der Waals surface area contributed by atoms with E-state index >= 15 is 0 Å². The zero-order valence-electron chi connectivity index (χ0n) is 16.6. The number of nitrogens with two attached hydrogens (primary N) is 1. The van der Waals surface area contributed by atoms with E-state index < -0.39 is 12.0 Å². The van der Waals surface area contributed by atoms with Crippen LogP contribution in [0.15, 0.2) is 42.5 Å². The van der Waals surface area contributed by atoms with Crippen molar-refractivity contribution in [3.63, 3.8) is 0 Å². The van der Waals surface area contributed by atoms with E-state index in [9.17, 15) is 14.3 Å². The van der Waals surface area contributed by atoms with Gasteiger partial charge in [0, 0.05) is 31.3 Å². The first-order valence-electron chi connectivity index (χ1n) is 9.89. The van der Waals surface area contributed by atoms with Crippen LogP contribution in [-0.2, 0) is 11.2 Å². The second kappa shape index (κ2) is 10.7. The van der Waals surface area contributed by atoms with Gasteiger partial charge in [0.25, 0.3) is 5.91 Å². The summed E-state index contributed by atoms with van der Waals surface area (Å²) in [4.78, 5) is 13.7. The summed E-state index contributed by atoms with van der Waals surface area (Å²) in [5.74, 6) is -0.611. The number of aliphatic hydroxyl groups is 1. The minimum Gasteiger partial charge on any atom is -0.490 e.